The smallest absolute Gasteiger partial charge is 0.311 e. The van der Waals surface area contributed by atoms with Gasteiger partial charge in [-0.05, 0) is 13.0 Å². The first-order valence-corrected chi connectivity index (χ1v) is 6.76. The number of nitrogens with zero attached hydrogens (tertiary/aromatic N) is 2. The lowest BCUT2D eigenvalue weighted by atomic mass is 10.0. The standard InChI is InChI=1S/C13H16ClN3O4/c1-7-8(12(14)17(2)16-7)3-4-11(18)15-10-6-21-5-9(10)13(19)20/h3-4,9-10H,5-6H2,1-2H3,(H,15,18)(H,19,20). The number of rotatable bonds is 4. The molecule has 1 aromatic rings. The average Bonchev–Trinajstić information content (AvgIpc) is 2.94. The Kier molecular flexibility index (Phi) is 4.64. The van der Waals surface area contributed by atoms with Crippen molar-refractivity contribution in [1.29, 1.82) is 0 Å². The molecule has 1 amide bonds. The second-order valence-corrected chi connectivity index (χ2v) is 5.20. The largest absolute Gasteiger partial charge is 0.481 e. The Morgan fingerprint density at radius 1 is 1.52 bits per heavy atom. The van der Waals surface area contributed by atoms with Crippen LogP contribution < -0.4 is 5.32 Å². The monoisotopic (exact) mass is 313 g/mol. The van der Waals surface area contributed by atoms with E-state index in [-0.39, 0.29) is 13.2 Å². The predicted octanol–water partition coefficient (Wildman–Crippen LogP) is 0.611. The number of nitrogens with one attached hydrogen (secondary N) is 1. The number of amides is 1. The Bertz CT molecular complexity index is 596. The van der Waals surface area contributed by atoms with E-state index in [0.29, 0.717) is 16.4 Å². The van der Waals surface area contributed by atoms with Gasteiger partial charge in [0.1, 0.15) is 11.1 Å². The molecule has 2 atom stereocenters. The lowest BCUT2D eigenvalue weighted by Gasteiger charge is -2.13. The first kappa shape index (κ1) is 15.5. The zero-order valence-electron chi connectivity index (χ0n) is 11.7. The van der Waals surface area contributed by atoms with E-state index in [4.69, 9.17) is 21.4 Å². The third-order valence-electron chi connectivity index (χ3n) is 3.32. The van der Waals surface area contributed by atoms with Crippen molar-refractivity contribution in [3.8, 4) is 0 Å². The summed E-state index contributed by atoms with van der Waals surface area (Å²) < 4.78 is 6.60. The van der Waals surface area contributed by atoms with Gasteiger partial charge in [-0.1, -0.05) is 11.6 Å². The van der Waals surface area contributed by atoms with Crippen molar-refractivity contribution in [3.63, 3.8) is 0 Å². The van der Waals surface area contributed by atoms with Crippen molar-refractivity contribution in [3.05, 3.63) is 22.5 Å². The second kappa shape index (κ2) is 6.28. The van der Waals surface area contributed by atoms with Gasteiger partial charge in [0.2, 0.25) is 5.91 Å². The number of hydrogen-bond acceptors (Lipinski definition) is 4. The lowest BCUT2D eigenvalue weighted by Crippen LogP contribution is -2.41. The van der Waals surface area contributed by atoms with E-state index < -0.39 is 23.8 Å². The van der Waals surface area contributed by atoms with E-state index in [1.165, 1.54) is 10.8 Å². The van der Waals surface area contributed by atoms with Gasteiger partial charge in [0.15, 0.2) is 0 Å². The highest BCUT2D eigenvalue weighted by Gasteiger charge is 2.34. The van der Waals surface area contributed by atoms with Crippen LogP contribution in [0.2, 0.25) is 5.15 Å². The van der Waals surface area contributed by atoms with Crippen LogP contribution in [0, 0.1) is 12.8 Å². The molecule has 2 heterocycles. The maximum absolute atomic E-state index is 11.9. The van der Waals surface area contributed by atoms with Crippen LogP contribution in [-0.2, 0) is 21.4 Å². The molecule has 1 aromatic heterocycles. The summed E-state index contributed by atoms with van der Waals surface area (Å²) in [5, 5.41) is 16.2. The molecule has 2 N–H and O–H groups in total. The Labute approximate surface area is 126 Å². The fraction of sp³-hybridized carbons (Fsp3) is 0.462. The minimum absolute atomic E-state index is 0.109. The summed E-state index contributed by atoms with van der Waals surface area (Å²) in [6.07, 6.45) is 2.87. The molecule has 0 radical (unpaired) electrons. The van der Waals surface area contributed by atoms with Crippen LogP contribution in [0.3, 0.4) is 0 Å². The zero-order valence-corrected chi connectivity index (χ0v) is 12.4. The molecule has 0 aromatic carbocycles. The molecule has 114 valence electrons. The zero-order chi connectivity index (χ0) is 15.6. The number of carbonyl (C=O) groups excluding carboxylic acids is 1. The number of aliphatic carboxylic acids is 1. The first-order chi connectivity index (χ1) is 9.90. The van der Waals surface area contributed by atoms with Crippen LogP contribution >= 0.6 is 11.6 Å². The van der Waals surface area contributed by atoms with Gasteiger partial charge in [-0.2, -0.15) is 5.10 Å². The molecule has 0 spiro atoms. The van der Waals surface area contributed by atoms with Crippen molar-refractivity contribution in [2.45, 2.75) is 13.0 Å². The summed E-state index contributed by atoms with van der Waals surface area (Å²) in [7, 11) is 1.71. The molecule has 0 aliphatic carbocycles. The van der Waals surface area contributed by atoms with Gasteiger partial charge in [0.25, 0.3) is 0 Å². The van der Waals surface area contributed by atoms with Crippen LogP contribution in [0.25, 0.3) is 6.08 Å². The number of aromatic nitrogens is 2. The molecule has 0 bridgehead atoms. The van der Waals surface area contributed by atoms with Crippen molar-refractivity contribution in [2.24, 2.45) is 13.0 Å². The second-order valence-electron chi connectivity index (χ2n) is 4.84. The van der Waals surface area contributed by atoms with E-state index in [0.717, 1.165) is 0 Å². The molecular weight excluding hydrogens is 298 g/mol. The molecule has 1 fully saturated rings. The molecule has 1 aliphatic rings. The fourth-order valence-electron chi connectivity index (χ4n) is 2.17. The fourth-order valence-corrected chi connectivity index (χ4v) is 2.40. The summed E-state index contributed by atoms with van der Waals surface area (Å²) in [5.41, 5.74) is 1.37. The van der Waals surface area contributed by atoms with Crippen LogP contribution in [0.1, 0.15) is 11.3 Å². The van der Waals surface area contributed by atoms with Gasteiger partial charge in [-0.3, -0.25) is 14.3 Å². The van der Waals surface area contributed by atoms with Gasteiger partial charge in [0, 0.05) is 18.7 Å². The lowest BCUT2D eigenvalue weighted by molar-refractivity contribution is -0.142. The number of hydrogen-bond donors (Lipinski definition) is 2. The van der Waals surface area contributed by atoms with E-state index >= 15 is 0 Å². The van der Waals surface area contributed by atoms with Crippen molar-refractivity contribution in [1.82, 2.24) is 15.1 Å². The van der Waals surface area contributed by atoms with E-state index in [9.17, 15) is 9.59 Å². The highest BCUT2D eigenvalue weighted by atomic mass is 35.5. The Hall–Kier alpha value is -1.86. The van der Waals surface area contributed by atoms with Gasteiger partial charge in [0.05, 0.1) is 24.9 Å². The minimum Gasteiger partial charge on any atom is -0.481 e. The van der Waals surface area contributed by atoms with Crippen molar-refractivity contribution < 1.29 is 19.4 Å². The highest BCUT2D eigenvalue weighted by Crippen LogP contribution is 2.20. The summed E-state index contributed by atoms with van der Waals surface area (Å²) in [6, 6.07) is -0.523. The molecule has 7 nitrogen and oxygen atoms in total. The van der Waals surface area contributed by atoms with Gasteiger partial charge in [-0.15, -0.1) is 0 Å². The molecule has 1 saturated heterocycles. The van der Waals surface area contributed by atoms with Crippen molar-refractivity contribution >= 4 is 29.6 Å². The van der Waals surface area contributed by atoms with E-state index in [1.54, 1.807) is 20.0 Å². The number of ether oxygens (including phenoxy) is 1. The van der Waals surface area contributed by atoms with Crippen LogP contribution in [-0.4, -0.2) is 46.0 Å². The minimum atomic E-state index is -0.979. The third kappa shape index (κ3) is 3.43. The average molecular weight is 314 g/mol. The summed E-state index contributed by atoms with van der Waals surface area (Å²) in [4.78, 5) is 22.8. The quantitative estimate of drug-likeness (QED) is 0.794. The number of carboxylic acid groups (broad SMARTS) is 1. The van der Waals surface area contributed by atoms with Crippen LogP contribution in [0.5, 0.6) is 0 Å². The summed E-state index contributed by atoms with van der Waals surface area (Å²) in [5.74, 6) is -2.09. The van der Waals surface area contributed by atoms with Crippen molar-refractivity contribution in [2.75, 3.05) is 13.2 Å². The Balaban J connectivity index is 2.01. The van der Waals surface area contributed by atoms with E-state index in [1.807, 2.05) is 0 Å². The van der Waals surface area contributed by atoms with Gasteiger partial charge < -0.3 is 15.2 Å². The molecule has 1 aliphatic heterocycles. The normalized spacial score (nSPS) is 21.9. The summed E-state index contributed by atoms with van der Waals surface area (Å²) >= 11 is 6.05. The number of aryl methyl sites for hydroxylation is 2. The number of halogens is 1. The molecule has 2 unspecified atom stereocenters. The van der Waals surface area contributed by atoms with Gasteiger partial charge in [-0.25, -0.2) is 0 Å². The Morgan fingerprint density at radius 2 is 2.24 bits per heavy atom. The van der Waals surface area contributed by atoms with E-state index in [2.05, 4.69) is 10.4 Å². The highest BCUT2D eigenvalue weighted by molar-refractivity contribution is 6.31. The maximum Gasteiger partial charge on any atom is 0.311 e. The SMILES string of the molecule is Cc1nn(C)c(Cl)c1C=CC(=O)NC1COCC1C(=O)O. The topological polar surface area (TPSA) is 93.5 Å². The molecule has 2 rings (SSSR count). The van der Waals surface area contributed by atoms with Crippen LogP contribution in [0.4, 0.5) is 0 Å². The molecule has 21 heavy (non-hydrogen) atoms. The third-order valence-corrected chi connectivity index (χ3v) is 3.77. The molecule has 8 heteroatoms. The van der Waals surface area contributed by atoms with Gasteiger partial charge >= 0.3 is 5.97 Å². The maximum atomic E-state index is 11.9. The predicted molar refractivity (Wildman–Crippen MR) is 75.9 cm³/mol. The number of carboxylic acids is 1. The number of carbonyl (C=O) groups is 2. The molecular formula is C13H16ClN3O4. The summed E-state index contributed by atoms with van der Waals surface area (Å²) in [6.45, 7) is 2.09. The Morgan fingerprint density at radius 3 is 2.81 bits per heavy atom. The molecule has 0 saturated carbocycles. The first-order valence-electron chi connectivity index (χ1n) is 6.38. The van der Waals surface area contributed by atoms with Crippen LogP contribution in [0.15, 0.2) is 6.08 Å².